The van der Waals surface area contributed by atoms with Crippen molar-refractivity contribution in [1.82, 2.24) is 5.32 Å². The summed E-state index contributed by atoms with van der Waals surface area (Å²) in [7, 11) is 0. The van der Waals surface area contributed by atoms with Gasteiger partial charge in [0.1, 0.15) is 23.2 Å². The zero-order valence-electron chi connectivity index (χ0n) is 12.8. The maximum absolute atomic E-state index is 13.7. The molecule has 1 heterocycles. The van der Waals surface area contributed by atoms with Crippen molar-refractivity contribution in [3.63, 3.8) is 0 Å². The third kappa shape index (κ3) is 3.70. The van der Waals surface area contributed by atoms with Crippen LogP contribution in [0.5, 0.6) is 0 Å². The van der Waals surface area contributed by atoms with Crippen LogP contribution in [0.3, 0.4) is 0 Å². The molecule has 2 nitrogen and oxygen atoms in total. The summed E-state index contributed by atoms with van der Waals surface area (Å²) in [5.74, 6) is 0.749. The summed E-state index contributed by atoms with van der Waals surface area (Å²) < 4.78 is 32.8. The molecule has 0 saturated heterocycles. The molecule has 2 unspecified atom stereocenters. The Morgan fingerprint density at radius 1 is 1.14 bits per heavy atom. The summed E-state index contributed by atoms with van der Waals surface area (Å²) in [5, 5.41) is 3.36. The van der Waals surface area contributed by atoms with Crippen LogP contribution in [0.4, 0.5) is 8.78 Å². The van der Waals surface area contributed by atoms with Gasteiger partial charge >= 0.3 is 0 Å². The number of halogens is 2. The number of hydrogen-bond donors (Lipinski definition) is 1. The van der Waals surface area contributed by atoms with Crippen LogP contribution in [-0.4, -0.2) is 6.04 Å². The van der Waals surface area contributed by atoms with Gasteiger partial charge in [-0.1, -0.05) is 6.07 Å². The van der Waals surface area contributed by atoms with E-state index in [1.807, 2.05) is 33.8 Å². The van der Waals surface area contributed by atoms with Gasteiger partial charge in [-0.3, -0.25) is 0 Å². The topological polar surface area (TPSA) is 25.2 Å². The minimum absolute atomic E-state index is 0.0546. The van der Waals surface area contributed by atoms with Crippen LogP contribution in [-0.2, 0) is 6.42 Å². The summed E-state index contributed by atoms with van der Waals surface area (Å²) in [6, 6.07) is 5.96. The molecule has 0 aliphatic heterocycles. The summed E-state index contributed by atoms with van der Waals surface area (Å²) in [6.07, 6.45) is 0.304. The monoisotopic (exact) mass is 293 g/mol. The molecular weight excluding hydrogens is 272 g/mol. The second-order valence-electron chi connectivity index (χ2n) is 5.56. The summed E-state index contributed by atoms with van der Waals surface area (Å²) >= 11 is 0. The van der Waals surface area contributed by atoms with Gasteiger partial charge in [-0.15, -0.1) is 0 Å². The zero-order valence-corrected chi connectivity index (χ0v) is 12.8. The van der Waals surface area contributed by atoms with Crippen LogP contribution in [0.15, 0.2) is 28.7 Å². The molecule has 2 rings (SSSR count). The number of benzene rings is 1. The summed E-state index contributed by atoms with van der Waals surface area (Å²) in [4.78, 5) is 0. The molecule has 2 atom stereocenters. The minimum atomic E-state index is -0.494. The first-order valence-electron chi connectivity index (χ1n) is 7.14. The second kappa shape index (κ2) is 6.39. The molecule has 0 aliphatic rings. The lowest BCUT2D eigenvalue weighted by Crippen LogP contribution is -2.31. The van der Waals surface area contributed by atoms with Gasteiger partial charge in [0.15, 0.2) is 0 Å². The molecular formula is C17H21F2NO. The fraction of sp³-hybridized carbons (Fsp3) is 0.412. The van der Waals surface area contributed by atoms with Gasteiger partial charge in [0.2, 0.25) is 0 Å². The smallest absolute Gasteiger partial charge is 0.129 e. The van der Waals surface area contributed by atoms with Crippen molar-refractivity contribution in [2.45, 2.75) is 46.2 Å². The zero-order chi connectivity index (χ0) is 15.6. The van der Waals surface area contributed by atoms with Crippen molar-refractivity contribution in [1.29, 1.82) is 0 Å². The Morgan fingerprint density at radius 3 is 2.29 bits per heavy atom. The lowest BCUT2D eigenvalue weighted by atomic mass is 10.0. The van der Waals surface area contributed by atoms with Crippen molar-refractivity contribution in [2.75, 3.05) is 0 Å². The Labute approximate surface area is 124 Å². The second-order valence-corrected chi connectivity index (χ2v) is 5.56. The highest BCUT2D eigenvalue weighted by Gasteiger charge is 2.17. The lowest BCUT2D eigenvalue weighted by Gasteiger charge is -2.20. The molecule has 1 aromatic carbocycles. The third-order valence-electron chi connectivity index (χ3n) is 3.65. The van der Waals surface area contributed by atoms with E-state index in [0.29, 0.717) is 6.42 Å². The predicted molar refractivity (Wildman–Crippen MR) is 79.3 cm³/mol. The standard InChI is InChI=1S/C17H21F2NO/c1-10(8-15-16(18)6-5-7-17(15)19)20-12(3)14-9-11(2)21-13(14)4/h5-7,9-10,12,20H,8H2,1-4H3. The van der Waals surface area contributed by atoms with Crippen LogP contribution in [0.25, 0.3) is 0 Å². The molecule has 0 spiro atoms. The van der Waals surface area contributed by atoms with Crippen LogP contribution in [0, 0.1) is 25.5 Å². The number of aryl methyl sites for hydroxylation is 2. The molecule has 2 aromatic rings. The van der Waals surface area contributed by atoms with E-state index < -0.39 is 11.6 Å². The third-order valence-corrected chi connectivity index (χ3v) is 3.65. The highest BCUT2D eigenvalue weighted by molar-refractivity contribution is 5.24. The minimum Gasteiger partial charge on any atom is -0.466 e. The van der Waals surface area contributed by atoms with E-state index in [1.165, 1.54) is 18.2 Å². The van der Waals surface area contributed by atoms with E-state index in [0.717, 1.165) is 17.1 Å². The van der Waals surface area contributed by atoms with Gasteiger partial charge in [0.05, 0.1) is 0 Å². The van der Waals surface area contributed by atoms with Crippen LogP contribution < -0.4 is 5.32 Å². The first-order chi connectivity index (χ1) is 9.88. The predicted octanol–water partition coefficient (Wildman–Crippen LogP) is 4.46. The largest absolute Gasteiger partial charge is 0.466 e. The first kappa shape index (κ1) is 15.7. The van der Waals surface area contributed by atoms with Crippen molar-refractivity contribution < 1.29 is 13.2 Å². The molecule has 0 fully saturated rings. The Hall–Kier alpha value is -1.68. The van der Waals surface area contributed by atoms with Crippen molar-refractivity contribution >= 4 is 0 Å². The molecule has 0 bridgehead atoms. The van der Waals surface area contributed by atoms with Crippen LogP contribution in [0.1, 0.15) is 42.5 Å². The Balaban J connectivity index is 2.05. The molecule has 1 aromatic heterocycles. The highest BCUT2D eigenvalue weighted by Crippen LogP contribution is 2.22. The van der Waals surface area contributed by atoms with Crippen molar-refractivity contribution in [3.8, 4) is 0 Å². The van der Waals surface area contributed by atoms with Crippen molar-refractivity contribution in [3.05, 3.63) is 58.5 Å². The SMILES string of the molecule is Cc1cc(C(C)NC(C)Cc2c(F)cccc2F)c(C)o1. The molecule has 0 aliphatic carbocycles. The first-order valence-corrected chi connectivity index (χ1v) is 7.14. The van der Waals surface area contributed by atoms with E-state index >= 15 is 0 Å². The maximum atomic E-state index is 13.7. The van der Waals surface area contributed by atoms with E-state index in [-0.39, 0.29) is 17.6 Å². The lowest BCUT2D eigenvalue weighted by molar-refractivity contribution is 0.446. The van der Waals surface area contributed by atoms with Gasteiger partial charge in [0, 0.05) is 23.2 Å². The van der Waals surface area contributed by atoms with Crippen LogP contribution >= 0.6 is 0 Å². The number of rotatable bonds is 5. The Kier molecular flexibility index (Phi) is 4.78. The fourth-order valence-corrected chi connectivity index (χ4v) is 2.69. The molecule has 0 amide bonds. The summed E-state index contributed by atoms with van der Waals surface area (Å²) in [5.41, 5.74) is 1.21. The Bertz CT molecular complexity index is 601. The number of furan rings is 1. The molecule has 4 heteroatoms. The quantitative estimate of drug-likeness (QED) is 0.880. The fourth-order valence-electron chi connectivity index (χ4n) is 2.69. The van der Waals surface area contributed by atoms with Gasteiger partial charge in [0.25, 0.3) is 0 Å². The molecule has 0 radical (unpaired) electrons. The molecule has 0 saturated carbocycles. The highest BCUT2D eigenvalue weighted by atomic mass is 19.1. The van der Waals surface area contributed by atoms with Gasteiger partial charge in [-0.05, 0) is 52.3 Å². The van der Waals surface area contributed by atoms with Gasteiger partial charge < -0.3 is 9.73 Å². The van der Waals surface area contributed by atoms with E-state index in [9.17, 15) is 8.78 Å². The van der Waals surface area contributed by atoms with Crippen LogP contribution in [0.2, 0.25) is 0 Å². The average Bonchev–Trinajstić information content (AvgIpc) is 2.73. The van der Waals surface area contributed by atoms with E-state index in [2.05, 4.69) is 5.32 Å². The van der Waals surface area contributed by atoms with E-state index in [1.54, 1.807) is 0 Å². The van der Waals surface area contributed by atoms with E-state index in [4.69, 9.17) is 4.42 Å². The molecule has 114 valence electrons. The molecule has 1 N–H and O–H groups in total. The Morgan fingerprint density at radius 2 is 1.76 bits per heavy atom. The normalized spacial score (nSPS) is 14.2. The van der Waals surface area contributed by atoms with Crippen molar-refractivity contribution in [2.24, 2.45) is 0 Å². The number of hydrogen-bond acceptors (Lipinski definition) is 2. The number of nitrogens with one attached hydrogen (secondary N) is 1. The summed E-state index contributed by atoms with van der Waals surface area (Å²) in [6.45, 7) is 7.76. The average molecular weight is 293 g/mol. The van der Waals surface area contributed by atoms with Gasteiger partial charge in [-0.25, -0.2) is 8.78 Å². The van der Waals surface area contributed by atoms with Gasteiger partial charge in [-0.2, -0.15) is 0 Å². The maximum Gasteiger partial charge on any atom is 0.129 e. The molecule has 21 heavy (non-hydrogen) atoms.